The van der Waals surface area contributed by atoms with Gasteiger partial charge in [0.15, 0.2) is 0 Å². The van der Waals surface area contributed by atoms with Gasteiger partial charge in [-0.15, -0.1) is 5.10 Å². The van der Waals surface area contributed by atoms with Crippen LogP contribution in [0.3, 0.4) is 0 Å². The lowest BCUT2D eigenvalue weighted by molar-refractivity contribution is 0.200. The molecule has 0 aliphatic heterocycles. The maximum Gasteiger partial charge on any atom is 0.137 e. The van der Waals surface area contributed by atoms with E-state index in [1.807, 2.05) is 52.4 Å². The van der Waals surface area contributed by atoms with Crippen molar-refractivity contribution in [2.75, 3.05) is 13.6 Å². The molecule has 0 spiro atoms. The third-order valence-electron chi connectivity index (χ3n) is 6.59. The fourth-order valence-electron chi connectivity index (χ4n) is 4.64. The molecule has 0 atom stereocenters. The molecule has 5 heterocycles. The van der Waals surface area contributed by atoms with Crippen LogP contribution in [-0.4, -0.2) is 52.4 Å². The van der Waals surface area contributed by atoms with Gasteiger partial charge in [-0.1, -0.05) is 17.7 Å². The summed E-state index contributed by atoms with van der Waals surface area (Å²) in [6, 6.07) is 10.3. The molecule has 1 aliphatic carbocycles. The lowest BCUT2D eigenvalue weighted by atomic mass is 9.85. The zero-order chi connectivity index (χ0) is 22.9. The zero-order valence-electron chi connectivity index (χ0n) is 19.3. The molecule has 6 rings (SSSR count). The highest BCUT2D eigenvalue weighted by Gasteiger charge is 2.19. The van der Waals surface area contributed by atoms with E-state index in [2.05, 4.69) is 62.2 Å². The molecule has 0 bridgehead atoms. The van der Waals surface area contributed by atoms with Crippen LogP contribution in [0.15, 0.2) is 73.7 Å². The Morgan fingerprint density at radius 1 is 1.06 bits per heavy atom. The summed E-state index contributed by atoms with van der Waals surface area (Å²) in [4.78, 5) is 11.6. The van der Waals surface area contributed by atoms with Crippen molar-refractivity contribution >= 4 is 5.65 Å². The van der Waals surface area contributed by atoms with E-state index in [0.29, 0.717) is 6.54 Å². The zero-order valence-corrected chi connectivity index (χ0v) is 19.3. The van der Waals surface area contributed by atoms with Crippen LogP contribution in [0.2, 0.25) is 0 Å². The Hall–Kier alpha value is -3.78. The van der Waals surface area contributed by atoms with E-state index in [9.17, 15) is 0 Å². The number of hydrogen-bond donors (Lipinski definition) is 0. The number of imidazole rings is 1. The molecular weight excluding hydrogens is 424 g/mol. The first-order chi connectivity index (χ1) is 16.7. The summed E-state index contributed by atoms with van der Waals surface area (Å²) < 4.78 is 5.97. The van der Waals surface area contributed by atoms with Gasteiger partial charge in [-0.25, -0.2) is 9.67 Å². The molecule has 172 valence electrons. The molecule has 8 nitrogen and oxygen atoms in total. The maximum absolute atomic E-state index is 4.77. The predicted octanol–water partition coefficient (Wildman–Crippen LogP) is 4.06. The van der Waals surface area contributed by atoms with Gasteiger partial charge in [0.05, 0.1) is 30.3 Å². The SMILES string of the molecule is CN(Cc1ccc2nc(Cn3cc(-c4cncc(-n5cccc5)c4)nn3)cn2c1)CC1CCC1. The highest BCUT2D eigenvalue weighted by atomic mass is 15.4. The van der Waals surface area contributed by atoms with Crippen LogP contribution >= 0.6 is 0 Å². The fourth-order valence-corrected chi connectivity index (χ4v) is 4.64. The minimum absolute atomic E-state index is 0.566. The standard InChI is InChI=1S/C26H28N8/c1-31(14-20-5-4-6-20)15-21-7-8-26-28-23(17-33(26)16-21)18-34-19-25(29-30-34)22-11-24(13-27-12-22)32-9-2-3-10-32/h2-3,7-13,16-17,19-20H,4-6,14-15,18H2,1H3. The van der Waals surface area contributed by atoms with Gasteiger partial charge in [-0.05, 0) is 55.6 Å². The summed E-state index contributed by atoms with van der Waals surface area (Å²) in [6.07, 6.45) is 18.0. The monoisotopic (exact) mass is 452 g/mol. The van der Waals surface area contributed by atoms with Gasteiger partial charge in [0.2, 0.25) is 0 Å². The Kier molecular flexibility index (Phi) is 5.43. The number of fused-ring (bicyclic) bond motifs is 1. The van der Waals surface area contributed by atoms with Gasteiger partial charge in [0.1, 0.15) is 11.3 Å². The van der Waals surface area contributed by atoms with Crippen molar-refractivity contribution in [1.29, 1.82) is 0 Å². The van der Waals surface area contributed by atoms with E-state index >= 15 is 0 Å². The van der Waals surface area contributed by atoms with Gasteiger partial charge in [-0.3, -0.25) is 4.98 Å². The van der Waals surface area contributed by atoms with E-state index < -0.39 is 0 Å². The van der Waals surface area contributed by atoms with E-state index in [0.717, 1.165) is 40.7 Å². The van der Waals surface area contributed by atoms with E-state index in [4.69, 9.17) is 4.98 Å². The van der Waals surface area contributed by atoms with Crippen LogP contribution in [0.4, 0.5) is 0 Å². The number of aromatic nitrogens is 7. The van der Waals surface area contributed by atoms with Crippen LogP contribution in [0.1, 0.15) is 30.5 Å². The van der Waals surface area contributed by atoms with Crippen LogP contribution in [-0.2, 0) is 13.1 Å². The number of pyridine rings is 2. The van der Waals surface area contributed by atoms with E-state index in [1.54, 1.807) is 0 Å². The largest absolute Gasteiger partial charge is 0.322 e. The Labute approximate surface area is 198 Å². The molecule has 5 aromatic rings. The van der Waals surface area contributed by atoms with Crippen molar-refractivity contribution in [2.24, 2.45) is 5.92 Å². The highest BCUT2D eigenvalue weighted by Crippen LogP contribution is 2.27. The number of nitrogens with zero attached hydrogens (tertiary/aromatic N) is 8. The highest BCUT2D eigenvalue weighted by molar-refractivity contribution is 5.59. The first-order valence-corrected chi connectivity index (χ1v) is 11.8. The molecular formula is C26H28N8. The molecule has 8 heteroatoms. The molecule has 1 aliphatic rings. The molecule has 0 radical (unpaired) electrons. The van der Waals surface area contributed by atoms with Gasteiger partial charge in [-0.2, -0.15) is 0 Å². The molecule has 34 heavy (non-hydrogen) atoms. The molecule has 1 saturated carbocycles. The van der Waals surface area contributed by atoms with E-state index in [-0.39, 0.29) is 0 Å². The first kappa shape index (κ1) is 20.8. The molecule has 0 N–H and O–H groups in total. The second-order valence-electron chi connectivity index (χ2n) is 9.35. The Bertz CT molecular complexity index is 1390. The first-order valence-electron chi connectivity index (χ1n) is 11.8. The van der Waals surface area contributed by atoms with Crippen molar-refractivity contribution < 1.29 is 0 Å². The van der Waals surface area contributed by atoms with Crippen LogP contribution in [0, 0.1) is 5.92 Å². The average molecular weight is 453 g/mol. The fraction of sp³-hybridized carbons (Fsp3) is 0.308. The van der Waals surface area contributed by atoms with Gasteiger partial charge in [0.25, 0.3) is 0 Å². The summed E-state index contributed by atoms with van der Waals surface area (Å²) in [6.45, 7) is 2.71. The maximum atomic E-state index is 4.77. The molecule has 0 amide bonds. The van der Waals surface area contributed by atoms with Gasteiger partial charge in [0, 0.05) is 49.6 Å². The van der Waals surface area contributed by atoms with Gasteiger partial charge < -0.3 is 13.9 Å². The molecule has 0 aromatic carbocycles. The Morgan fingerprint density at radius 2 is 1.94 bits per heavy atom. The Balaban J connectivity index is 1.15. The number of rotatable bonds is 8. The minimum atomic E-state index is 0.566. The van der Waals surface area contributed by atoms with E-state index in [1.165, 1.54) is 31.4 Å². The summed E-state index contributed by atoms with van der Waals surface area (Å²) in [7, 11) is 2.22. The second-order valence-corrected chi connectivity index (χ2v) is 9.35. The molecule has 0 saturated heterocycles. The quantitative estimate of drug-likeness (QED) is 0.355. The molecule has 0 unspecified atom stereocenters. The summed E-state index contributed by atoms with van der Waals surface area (Å²) in [5.74, 6) is 0.883. The third-order valence-corrected chi connectivity index (χ3v) is 6.59. The molecule has 1 fully saturated rings. The average Bonchev–Trinajstić information content (AvgIpc) is 3.57. The van der Waals surface area contributed by atoms with Crippen LogP contribution < -0.4 is 0 Å². The van der Waals surface area contributed by atoms with Crippen molar-refractivity contribution in [3.05, 3.63) is 85.0 Å². The smallest absolute Gasteiger partial charge is 0.137 e. The van der Waals surface area contributed by atoms with Crippen LogP contribution in [0.25, 0.3) is 22.6 Å². The third kappa shape index (κ3) is 4.36. The lowest BCUT2D eigenvalue weighted by Crippen LogP contribution is -2.29. The summed E-state index contributed by atoms with van der Waals surface area (Å²) in [5, 5.41) is 8.69. The lowest BCUT2D eigenvalue weighted by Gasteiger charge is -2.30. The van der Waals surface area contributed by atoms with Gasteiger partial charge >= 0.3 is 0 Å². The minimum Gasteiger partial charge on any atom is -0.322 e. The summed E-state index contributed by atoms with van der Waals surface area (Å²) in [5.41, 5.74) is 5.92. The second kappa shape index (κ2) is 8.87. The van der Waals surface area contributed by atoms with Crippen molar-refractivity contribution in [1.82, 2.24) is 38.8 Å². The van der Waals surface area contributed by atoms with Crippen molar-refractivity contribution in [3.8, 4) is 16.9 Å². The normalized spacial score (nSPS) is 14.2. The molecule has 5 aromatic heterocycles. The Morgan fingerprint density at radius 3 is 2.76 bits per heavy atom. The predicted molar refractivity (Wildman–Crippen MR) is 131 cm³/mol. The van der Waals surface area contributed by atoms with Crippen molar-refractivity contribution in [3.63, 3.8) is 0 Å². The topological polar surface area (TPSA) is 69.1 Å². The van der Waals surface area contributed by atoms with Crippen LogP contribution in [0.5, 0.6) is 0 Å². The summed E-state index contributed by atoms with van der Waals surface area (Å²) >= 11 is 0. The van der Waals surface area contributed by atoms with Crippen molar-refractivity contribution in [2.45, 2.75) is 32.4 Å². The number of hydrogen-bond acceptors (Lipinski definition) is 5.